The molecule has 0 unspecified atom stereocenters. The number of hydrogen-bond acceptors (Lipinski definition) is 3. The summed E-state index contributed by atoms with van der Waals surface area (Å²) in [6.45, 7) is 1.65. The first kappa shape index (κ1) is 19.7. The van der Waals surface area contributed by atoms with E-state index in [-0.39, 0.29) is 5.78 Å². The number of pyridine rings is 1. The summed E-state index contributed by atoms with van der Waals surface area (Å²) in [6, 6.07) is 18.5. The summed E-state index contributed by atoms with van der Waals surface area (Å²) in [5.41, 5.74) is 7.96. The van der Waals surface area contributed by atoms with E-state index >= 15 is 0 Å². The summed E-state index contributed by atoms with van der Waals surface area (Å²) in [6.07, 6.45) is 5.71. The molecule has 0 saturated carbocycles. The molecule has 3 nitrogen and oxygen atoms in total. The monoisotopic (exact) mass is 404 g/mol. The molecular formula is C25H25ClN2O. The van der Waals surface area contributed by atoms with Crippen molar-refractivity contribution in [3.8, 4) is 11.3 Å². The second-order valence-electron chi connectivity index (χ2n) is 7.72. The Hall–Kier alpha value is -2.65. The van der Waals surface area contributed by atoms with Crippen molar-refractivity contribution >= 4 is 28.8 Å². The van der Waals surface area contributed by atoms with Gasteiger partial charge >= 0.3 is 0 Å². The topological polar surface area (TPSA) is 42.0 Å². The Kier molecular flexibility index (Phi) is 5.96. The van der Waals surface area contributed by atoms with Crippen molar-refractivity contribution in [3.63, 3.8) is 0 Å². The first-order valence-electron chi connectivity index (χ1n) is 10.2. The molecule has 0 aliphatic heterocycles. The highest BCUT2D eigenvalue weighted by Crippen LogP contribution is 2.34. The highest BCUT2D eigenvalue weighted by molar-refractivity contribution is 6.30. The molecule has 4 rings (SSSR count). The molecule has 0 radical (unpaired) electrons. The number of anilines is 2. The van der Waals surface area contributed by atoms with Gasteiger partial charge in [-0.1, -0.05) is 35.9 Å². The number of fused-ring (bicyclic) bond motifs is 1. The van der Waals surface area contributed by atoms with Crippen LogP contribution in [0.1, 0.15) is 43.0 Å². The van der Waals surface area contributed by atoms with Crippen LogP contribution in [0.3, 0.4) is 0 Å². The maximum Gasteiger partial charge on any atom is 0.129 e. The second-order valence-corrected chi connectivity index (χ2v) is 8.16. The summed E-state index contributed by atoms with van der Waals surface area (Å²) in [7, 11) is 0. The lowest BCUT2D eigenvalue weighted by Gasteiger charge is -2.14. The summed E-state index contributed by atoms with van der Waals surface area (Å²) >= 11 is 6.19. The normalized spacial score (nSPS) is 12.6. The lowest BCUT2D eigenvalue weighted by molar-refractivity contribution is -0.117. The fourth-order valence-electron chi connectivity index (χ4n) is 3.90. The van der Waals surface area contributed by atoms with Gasteiger partial charge in [0.25, 0.3) is 0 Å². The van der Waals surface area contributed by atoms with Gasteiger partial charge < -0.3 is 10.1 Å². The van der Waals surface area contributed by atoms with Crippen molar-refractivity contribution < 1.29 is 4.79 Å². The van der Waals surface area contributed by atoms with Crippen molar-refractivity contribution in [1.29, 1.82) is 0 Å². The molecule has 2 aromatic carbocycles. The Balaban J connectivity index is 1.56. The molecule has 4 heteroatoms. The predicted molar refractivity (Wildman–Crippen MR) is 120 cm³/mol. The van der Waals surface area contributed by atoms with Gasteiger partial charge in [0.15, 0.2) is 0 Å². The van der Waals surface area contributed by atoms with Crippen molar-refractivity contribution in [2.45, 2.75) is 45.4 Å². The average Bonchev–Trinajstić information content (AvgIpc) is 3.18. The number of carbonyl (C=O) groups is 1. The van der Waals surface area contributed by atoms with E-state index in [1.54, 1.807) is 6.92 Å². The SMILES string of the molecule is CC(=O)CCCc1ccc(Nc2cc(-c3cccc(Cl)c3)nc3c2CCC3)cc1. The minimum absolute atomic E-state index is 0.255. The molecule has 1 N–H and O–H groups in total. The van der Waals surface area contributed by atoms with Crippen molar-refractivity contribution in [2.24, 2.45) is 0 Å². The van der Waals surface area contributed by atoms with Gasteiger partial charge in [-0.15, -0.1) is 0 Å². The van der Waals surface area contributed by atoms with Crippen LogP contribution in [-0.4, -0.2) is 10.8 Å². The Bertz CT molecular complexity index is 1030. The van der Waals surface area contributed by atoms with E-state index in [0.717, 1.165) is 59.8 Å². The Labute approximate surface area is 177 Å². The molecule has 0 fully saturated rings. The quantitative estimate of drug-likeness (QED) is 0.485. The number of nitrogens with one attached hydrogen (secondary N) is 1. The molecule has 148 valence electrons. The minimum Gasteiger partial charge on any atom is -0.355 e. The number of hydrogen-bond donors (Lipinski definition) is 1. The van der Waals surface area contributed by atoms with Crippen molar-refractivity contribution in [3.05, 3.63) is 76.4 Å². The summed E-state index contributed by atoms with van der Waals surface area (Å²) in [5.74, 6) is 0.255. The number of ketones is 1. The standard InChI is InChI=1S/C25H25ClN2O/c1-17(29)5-2-6-18-11-13-21(14-12-18)27-25-16-24(19-7-3-8-20(26)15-19)28-23-10-4-9-22(23)25/h3,7-8,11-16H,2,4-6,9-10H2,1H3,(H,27,28). The highest BCUT2D eigenvalue weighted by Gasteiger charge is 2.19. The minimum atomic E-state index is 0.255. The second kappa shape index (κ2) is 8.79. The number of carbonyl (C=O) groups excluding carboxylic acids is 1. The van der Waals surface area contributed by atoms with Gasteiger partial charge in [-0.05, 0) is 80.5 Å². The number of aromatic nitrogens is 1. The van der Waals surface area contributed by atoms with Crippen LogP contribution in [0.15, 0.2) is 54.6 Å². The molecule has 29 heavy (non-hydrogen) atoms. The van der Waals surface area contributed by atoms with Gasteiger partial charge in [0.2, 0.25) is 0 Å². The van der Waals surface area contributed by atoms with Crippen LogP contribution < -0.4 is 5.32 Å². The Morgan fingerprint density at radius 3 is 2.69 bits per heavy atom. The molecular weight excluding hydrogens is 380 g/mol. The van der Waals surface area contributed by atoms with E-state index in [2.05, 4.69) is 41.7 Å². The molecule has 0 bridgehead atoms. The van der Waals surface area contributed by atoms with Gasteiger partial charge in [-0.25, -0.2) is 0 Å². The van der Waals surface area contributed by atoms with Gasteiger partial charge in [-0.2, -0.15) is 0 Å². The third-order valence-electron chi connectivity index (χ3n) is 5.40. The molecule has 1 heterocycles. The zero-order valence-corrected chi connectivity index (χ0v) is 17.4. The molecule has 0 spiro atoms. The van der Waals surface area contributed by atoms with Crippen LogP contribution in [0.5, 0.6) is 0 Å². The summed E-state index contributed by atoms with van der Waals surface area (Å²) < 4.78 is 0. The fraction of sp³-hybridized carbons (Fsp3) is 0.280. The molecule has 0 saturated heterocycles. The molecule has 0 atom stereocenters. The van der Waals surface area contributed by atoms with Crippen molar-refractivity contribution in [1.82, 2.24) is 4.98 Å². The number of benzene rings is 2. The van der Waals surface area contributed by atoms with Crippen LogP contribution in [0.4, 0.5) is 11.4 Å². The average molecular weight is 405 g/mol. The molecule has 1 aliphatic rings. The van der Waals surface area contributed by atoms with Crippen LogP contribution in [0, 0.1) is 0 Å². The first-order chi connectivity index (χ1) is 14.1. The van der Waals surface area contributed by atoms with E-state index in [1.807, 2.05) is 18.2 Å². The zero-order chi connectivity index (χ0) is 20.2. The van der Waals surface area contributed by atoms with Crippen LogP contribution in [-0.2, 0) is 24.1 Å². The van der Waals surface area contributed by atoms with E-state index in [0.29, 0.717) is 6.42 Å². The lowest BCUT2D eigenvalue weighted by Crippen LogP contribution is -2.00. The number of Topliss-reactive ketones (excluding diaryl/α,β-unsaturated/α-hetero) is 1. The van der Waals surface area contributed by atoms with Crippen LogP contribution in [0.2, 0.25) is 5.02 Å². The lowest BCUT2D eigenvalue weighted by atomic mass is 10.1. The number of nitrogens with zero attached hydrogens (tertiary/aromatic N) is 1. The third-order valence-corrected chi connectivity index (χ3v) is 5.63. The molecule has 3 aromatic rings. The maximum absolute atomic E-state index is 11.1. The van der Waals surface area contributed by atoms with Gasteiger partial charge in [0, 0.05) is 34.1 Å². The largest absolute Gasteiger partial charge is 0.355 e. The van der Waals surface area contributed by atoms with Gasteiger partial charge in [0.1, 0.15) is 5.78 Å². The Morgan fingerprint density at radius 2 is 1.93 bits per heavy atom. The van der Waals surface area contributed by atoms with Gasteiger partial charge in [0.05, 0.1) is 5.69 Å². The van der Waals surface area contributed by atoms with E-state index in [4.69, 9.17) is 16.6 Å². The number of rotatable bonds is 7. The molecule has 0 amide bonds. The smallest absolute Gasteiger partial charge is 0.129 e. The fourth-order valence-corrected chi connectivity index (χ4v) is 4.09. The van der Waals surface area contributed by atoms with E-state index in [1.165, 1.54) is 16.8 Å². The predicted octanol–water partition coefficient (Wildman–Crippen LogP) is 6.55. The third kappa shape index (κ3) is 4.86. The van der Waals surface area contributed by atoms with Crippen LogP contribution in [0.25, 0.3) is 11.3 Å². The molecule has 1 aromatic heterocycles. The zero-order valence-electron chi connectivity index (χ0n) is 16.7. The number of aryl methyl sites for hydroxylation is 2. The summed E-state index contributed by atoms with van der Waals surface area (Å²) in [4.78, 5) is 16.0. The summed E-state index contributed by atoms with van der Waals surface area (Å²) in [5, 5.41) is 4.33. The number of halogens is 1. The highest BCUT2D eigenvalue weighted by atomic mass is 35.5. The van der Waals surface area contributed by atoms with E-state index < -0.39 is 0 Å². The maximum atomic E-state index is 11.1. The molecule has 1 aliphatic carbocycles. The first-order valence-corrected chi connectivity index (χ1v) is 10.6. The van der Waals surface area contributed by atoms with Gasteiger partial charge in [-0.3, -0.25) is 4.98 Å². The van der Waals surface area contributed by atoms with Crippen LogP contribution >= 0.6 is 11.6 Å². The Morgan fingerprint density at radius 1 is 1.10 bits per heavy atom. The van der Waals surface area contributed by atoms with Crippen molar-refractivity contribution in [2.75, 3.05) is 5.32 Å². The van der Waals surface area contributed by atoms with E-state index in [9.17, 15) is 4.79 Å².